The number of rotatable bonds is 2. The van der Waals surface area contributed by atoms with E-state index >= 15 is 0 Å². The molecule has 0 N–H and O–H groups in total. The van der Waals surface area contributed by atoms with E-state index < -0.39 is 23.8 Å². The summed E-state index contributed by atoms with van der Waals surface area (Å²) in [5.41, 5.74) is 2.51. The Morgan fingerprint density at radius 1 is 0.750 bits per heavy atom. The molecule has 0 aromatic heterocycles. The molecular formula is C16H20O4-2. The van der Waals surface area contributed by atoms with Crippen LogP contribution in [0.25, 0.3) is 0 Å². The number of carboxylic acid groups (broad SMARTS) is 2. The molecule has 2 saturated carbocycles. The highest BCUT2D eigenvalue weighted by Crippen LogP contribution is 2.52. The highest BCUT2D eigenvalue weighted by Gasteiger charge is 2.46. The van der Waals surface area contributed by atoms with Crippen molar-refractivity contribution in [2.75, 3.05) is 0 Å². The minimum absolute atomic E-state index is 0.124. The molecule has 4 nitrogen and oxygen atoms in total. The first-order chi connectivity index (χ1) is 9.61. The van der Waals surface area contributed by atoms with Crippen LogP contribution in [-0.4, -0.2) is 11.9 Å². The summed E-state index contributed by atoms with van der Waals surface area (Å²) in [7, 11) is 0. The number of carbonyl (C=O) groups is 2. The molecule has 0 aromatic carbocycles. The lowest BCUT2D eigenvalue weighted by molar-refractivity contribution is -0.331. The van der Waals surface area contributed by atoms with Gasteiger partial charge in [-0.3, -0.25) is 0 Å². The average Bonchev–Trinajstić information content (AvgIpc) is 2.45. The van der Waals surface area contributed by atoms with Crippen molar-refractivity contribution in [3.8, 4) is 0 Å². The van der Waals surface area contributed by atoms with Gasteiger partial charge in [-0.1, -0.05) is 24.0 Å². The fourth-order valence-corrected chi connectivity index (χ4v) is 4.79. The van der Waals surface area contributed by atoms with Crippen molar-refractivity contribution in [2.45, 2.75) is 51.4 Å². The number of hydrogen-bond donors (Lipinski definition) is 0. The summed E-state index contributed by atoms with van der Waals surface area (Å²) in [6.07, 6.45) is 7.61. The van der Waals surface area contributed by atoms with Gasteiger partial charge in [-0.05, 0) is 50.4 Å². The summed E-state index contributed by atoms with van der Waals surface area (Å²) in [4.78, 5) is 23.1. The maximum absolute atomic E-state index is 11.6. The molecule has 0 heterocycles. The van der Waals surface area contributed by atoms with Gasteiger partial charge in [0.15, 0.2) is 0 Å². The number of carbonyl (C=O) groups excluding carboxylic acids is 2. The van der Waals surface area contributed by atoms with Crippen LogP contribution in [0, 0.1) is 23.7 Å². The average molecular weight is 276 g/mol. The zero-order valence-corrected chi connectivity index (χ0v) is 11.6. The van der Waals surface area contributed by atoms with Gasteiger partial charge in [0.25, 0.3) is 0 Å². The second-order valence-corrected chi connectivity index (χ2v) is 6.44. The number of carboxylic acids is 2. The molecule has 3 aliphatic rings. The number of fused-ring (bicyclic) bond motifs is 2. The van der Waals surface area contributed by atoms with Crippen LogP contribution in [0.2, 0.25) is 0 Å². The molecule has 0 radical (unpaired) electrons. The Morgan fingerprint density at radius 2 is 1.15 bits per heavy atom. The summed E-state index contributed by atoms with van der Waals surface area (Å²) in [5, 5.41) is 23.1. The van der Waals surface area contributed by atoms with Gasteiger partial charge in [0, 0.05) is 23.8 Å². The normalized spacial score (nSPS) is 37.0. The van der Waals surface area contributed by atoms with Gasteiger partial charge in [-0.25, -0.2) is 0 Å². The topological polar surface area (TPSA) is 80.3 Å². The molecule has 0 unspecified atom stereocenters. The standard InChI is InChI=1S/C16H22O4/c17-15(18)13-11-7-3-1-5-9(11)10-6-2-4-8-12(10)14(13)16(19)20/h11-14H,1-8H2,(H,17,18)(H,19,20)/p-2/t11-,12-,13-,14-/m1/s1. The van der Waals surface area contributed by atoms with Gasteiger partial charge in [-0.2, -0.15) is 0 Å². The van der Waals surface area contributed by atoms with Crippen molar-refractivity contribution in [1.29, 1.82) is 0 Å². The second kappa shape index (κ2) is 5.23. The highest BCUT2D eigenvalue weighted by molar-refractivity contribution is 5.80. The van der Waals surface area contributed by atoms with Crippen LogP contribution < -0.4 is 10.2 Å². The predicted molar refractivity (Wildman–Crippen MR) is 67.9 cm³/mol. The van der Waals surface area contributed by atoms with E-state index in [0.29, 0.717) is 0 Å². The summed E-state index contributed by atoms with van der Waals surface area (Å²) in [6, 6.07) is 0. The maximum Gasteiger partial charge on any atom is 0.0458 e. The molecule has 4 atom stereocenters. The van der Waals surface area contributed by atoms with E-state index in [-0.39, 0.29) is 11.8 Å². The van der Waals surface area contributed by atoms with Crippen LogP contribution in [0.5, 0.6) is 0 Å². The molecule has 3 aliphatic carbocycles. The van der Waals surface area contributed by atoms with Gasteiger partial charge in [0.05, 0.1) is 0 Å². The largest absolute Gasteiger partial charge is 0.550 e. The fourth-order valence-electron chi connectivity index (χ4n) is 4.79. The zero-order chi connectivity index (χ0) is 14.3. The Balaban J connectivity index is 2.09. The van der Waals surface area contributed by atoms with Crippen molar-refractivity contribution in [3.63, 3.8) is 0 Å². The lowest BCUT2D eigenvalue weighted by Gasteiger charge is -2.50. The summed E-state index contributed by atoms with van der Waals surface area (Å²) in [5.74, 6) is -4.42. The molecule has 3 rings (SSSR count). The van der Waals surface area contributed by atoms with Crippen molar-refractivity contribution in [3.05, 3.63) is 11.1 Å². The second-order valence-electron chi connectivity index (χ2n) is 6.44. The first-order valence-electron chi connectivity index (χ1n) is 7.74. The van der Waals surface area contributed by atoms with Crippen LogP contribution in [-0.2, 0) is 9.59 Å². The van der Waals surface area contributed by atoms with Crippen molar-refractivity contribution in [2.24, 2.45) is 23.7 Å². The first-order valence-corrected chi connectivity index (χ1v) is 7.74. The number of aliphatic carboxylic acids is 2. The van der Waals surface area contributed by atoms with Crippen LogP contribution in [0.1, 0.15) is 51.4 Å². The Morgan fingerprint density at radius 3 is 1.50 bits per heavy atom. The Kier molecular flexibility index (Phi) is 3.57. The van der Waals surface area contributed by atoms with E-state index in [2.05, 4.69) is 0 Å². The lowest BCUT2D eigenvalue weighted by Crippen LogP contribution is -2.53. The van der Waals surface area contributed by atoms with E-state index in [4.69, 9.17) is 0 Å². The summed E-state index contributed by atoms with van der Waals surface area (Å²) in [6.45, 7) is 0. The Hall–Kier alpha value is -1.32. The molecule has 20 heavy (non-hydrogen) atoms. The minimum Gasteiger partial charge on any atom is -0.550 e. The van der Waals surface area contributed by atoms with Crippen LogP contribution in [0.3, 0.4) is 0 Å². The third kappa shape index (κ3) is 2.05. The van der Waals surface area contributed by atoms with E-state index in [1.54, 1.807) is 0 Å². The van der Waals surface area contributed by atoms with Crippen LogP contribution in [0.15, 0.2) is 11.1 Å². The van der Waals surface area contributed by atoms with Crippen LogP contribution >= 0.6 is 0 Å². The zero-order valence-electron chi connectivity index (χ0n) is 11.6. The third-order valence-electron chi connectivity index (χ3n) is 5.53. The predicted octanol–water partition coefficient (Wildman–Crippen LogP) is 0.409. The number of allylic oxidation sites excluding steroid dienone is 2. The Bertz CT molecular complexity index is 423. The smallest absolute Gasteiger partial charge is 0.0458 e. The lowest BCUT2D eigenvalue weighted by atomic mass is 9.57. The van der Waals surface area contributed by atoms with E-state index in [1.165, 1.54) is 11.1 Å². The van der Waals surface area contributed by atoms with Crippen molar-refractivity contribution >= 4 is 11.9 Å². The third-order valence-corrected chi connectivity index (χ3v) is 5.53. The maximum atomic E-state index is 11.6. The van der Waals surface area contributed by atoms with Gasteiger partial charge in [-0.15, -0.1) is 0 Å². The molecule has 110 valence electrons. The fraction of sp³-hybridized carbons (Fsp3) is 0.750. The van der Waals surface area contributed by atoms with E-state index in [0.717, 1.165) is 51.4 Å². The monoisotopic (exact) mass is 276 g/mol. The molecule has 0 aliphatic heterocycles. The quantitative estimate of drug-likeness (QED) is 0.684. The van der Waals surface area contributed by atoms with Gasteiger partial charge >= 0.3 is 0 Å². The van der Waals surface area contributed by atoms with E-state index in [9.17, 15) is 19.8 Å². The molecule has 0 saturated heterocycles. The minimum atomic E-state index is -1.20. The molecule has 0 spiro atoms. The molecule has 4 heteroatoms. The summed E-state index contributed by atoms with van der Waals surface area (Å²) < 4.78 is 0. The first kappa shape index (κ1) is 13.7. The number of hydrogen-bond acceptors (Lipinski definition) is 4. The van der Waals surface area contributed by atoms with Crippen molar-refractivity contribution in [1.82, 2.24) is 0 Å². The Labute approximate surface area is 118 Å². The van der Waals surface area contributed by atoms with Gasteiger partial charge in [0.1, 0.15) is 0 Å². The van der Waals surface area contributed by atoms with Gasteiger partial charge in [0.2, 0.25) is 0 Å². The molecule has 0 aromatic rings. The van der Waals surface area contributed by atoms with Gasteiger partial charge < -0.3 is 19.8 Å². The molecule has 2 fully saturated rings. The molecular weight excluding hydrogens is 256 g/mol. The van der Waals surface area contributed by atoms with Crippen LogP contribution in [0.4, 0.5) is 0 Å². The molecule has 0 bridgehead atoms. The summed E-state index contributed by atoms with van der Waals surface area (Å²) >= 11 is 0. The van der Waals surface area contributed by atoms with E-state index in [1.807, 2.05) is 0 Å². The SMILES string of the molecule is O=C([O-])[C@H]1[C@H](C(=O)[O-])[C@@H]2CCCCC2=C2CCCC[C@H]21. The highest BCUT2D eigenvalue weighted by atomic mass is 16.4. The van der Waals surface area contributed by atoms with Crippen molar-refractivity contribution < 1.29 is 19.8 Å². The molecule has 0 amide bonds.